The lowest BCUT2D eigenvalue weighted by Gasteiger charge is -2.03. The van der Waals surface area contributed by atoms with Crippen LogP contribution in [0.15, 0.2) is 12.3 Å². The molecule has 13 heavy (non-hydrogen) atoms. The third kappa shape index (κ3) is 3.85. The van der Waals surface area contributed by atoms with Crippen molar-refractivity contribution in [1.82, 2.24) is 10.2 Å². The molecule has 1 rings (SSSR count). The van der Waals surface area contributed by atoms with Gasteiger partial charge in [0, 0.05) is 13.2 Å². The van der Waals surface area contributed by atoms with Crippen molar-refractivity contribution in [3.05, 3.63) is 17.8 Å². The van der Waals surface area contributed by atoms with Crippen LogP contribution in [-0.4, -0.2) is 28.5 Å². The first-order valence-electron chi connectivity index (χ1n) is 4.47. The summed E-state index contributed by atoms with van der Waals surface area (Å²) >= 11 is 0. The molecular weight excluding hydrogens is 166 g/mol. The molecule has 72 valence electrons. The maximum absolute atomic E-state index is 8.55. The fourth-order valence-corrected chi connectivity index (χ4v) is 1.00. The second-order valence-electron chi connectivity index (χ2n) is 2.98. The van der Waals surface area contributed by atoms with Crippen molar-refractivity contribution in [3.8, 4) is 0 Å². The molecular formula is C9H15N3O. The van der Waals surface area contributed by atoms with Crippen LogP contribution in [0.25, 0.3) is 0 Å². The van der Waals surface area contributed by atoms with Gasteiger partial charge in [0.15, 0.2) is 0 Å². The number of aryl methyl sites for hydroxylation is 1. The summed E-state index contributed by atoms with van der Waals surface area (Å²) in [5.41, 5.74) is 1.10. The Morgan fingerprint density at radius 1 is 1.46 bits per heavy atom. The zero-order chi connectivity index (χ0) is 9.52. The number of rotatable bonds is 5. The van der Waals surface area contributed by atoms with Crippen LogP contribution in [0, 0.1) is 6.92 Å². The van der Waals surface area contributed by atoms with Crippen LogP contribution in [0.5, 0.6) is 0 Å². The highest BCUT2D eigenvalue weighted by atomic mass is 16.2. The lowest BCUT2D eigenvalue weighted by Crippen LogP contribution is -2.04. The van der Waals surface area contributed by atoms with Gasteiger partial charge in [0.2, 0.25) is 0 Å². The molecule has 0 saturated carbocycles. The molecule has 0 bridgehead atoms. The van der Waals surface area contributed by atoms with Crippen molar-refractivity contribution in [2.45, 2.75) is 19.8 Å². The number of nitrogens with zero attached hydrogens (tertiary/aromatic N) is 2. The van der Waals surface area contributed by atoms with Gasteiger partial charge in [0.25, 0.3) is 0 Å². The fraction of sp³-hybridized carbons (Fsp3) is 0.556. The Bertz CT molecular complexity index is 252. The minimum Gasteiger partial charge on any atom is -0.396 e. The zero-order valence-electron chi connectivity index (χ0n) is 7.82. The van der Waals surface area contributed by atoms with Crippen molar-refractivity contribution in [2.24, 2.45) is 0 Å². The van der Waals surface area contributed by atoms with E-state index in [0.717, 1.165) is 30.8 Å². The summed E-state index contributed by atoms with van der Waals surface area (Å²) in [5, 5.41) is 19.4. The molecule has 0 atom stereocenters. The standard InChI is InChI=1S/C9H15N3O/c1-8-6-9(12-11-7-8)10-4-2-3-5-13/h6-7,13H,2-5H2,1H3,(H,10,12). The molecule has 0 fully saturated rings. The van der Waals surface area contributed by atoms with Crippen LogP contribution in [0.1, 0.15) is 18.4 Å². The Morgan fingerprint density at radius 2 is 2.31 bits per heavy atom. The summed E-state index contributed by atoms with van der Waals surface area (Å²) in [4.78, 5) is 0. The first-order valence-corrected chi connectivity index (χ1v) is 4.47. The van der Waals surface area contributed by atoms with Crippen molar-refractivity contribution in [3.63, 3.8) is 0 Å². The van der Waals surface area contributed by atoms with E-state index in [1.54, 1.807) is 6.20 Å². The van der Waals surface area contributed by atoms with Gasteiger partial charge in [-0.25, -0.2) is 0 Å². The Hall–Kier alpha value is -1.16. The van der Waals surface area contributed by atoms with Crippen LogP contribution in [0.2, 0.25) is 0 Å². The third-order valence-electron chi connectivity index (χ3n) is 1.68. The van der Waals surface area contributed by atoms with Gasteiger partial charge in [0.05, 0.1) is 6.20 Å². The molecule has 0 aliphatic heterocycles. The summed E-state index contributed by atoms with van der Waals surface area (Å²) in [6.45, 7) is 3.06. The minimum absolute atomic E-state index is 0.251. The SMILES string of the molecule is Cc1cnnc(NCCCCO)c1. The first kappa shape index (κ1) is 9.92. The highest BCUT2D eigenvalue weighted by Gasteiger charge is 1.93. The molecule has 0 aromatic carbocycles. The van der Waals surface area contributed by atoms with Gasteiger partial charge in [-0.3, -0.25) is 0 Å². The smallest absolute Gasteiger partial charge is 0.148 e. The number of hydrogen-bond acceptors (Lipinski definition) is 4. The number of aliphatic hydroxyl groups is 1. The average molecular weight is 181 g/mol. The van der Waals surface area contributed by atoms with E-state index in [1.165, 1.54) is 0 Å². The maximum Gasteiger partial charge on any atom is 0.148 e. The predicted octanol–water partition coefficient (Wildman–Crippen LogP) is 0.969. The number of nitrogens with one attached hydrogen (secondary N) is 1. The van der Waals surface area contributed by atoms with Crippen molar-refractivity contribution in [1.29, 1.82) is 0 Å². The Kier molecular flexibility index (Phi) is 4.18. The molecule has 0 saturated heterocycles. The largest absolute Gasteiger partial charge is 0.396 e. The van der Waals surface area contributed by atoms with Gasteiger partial charge in [-0.1, -0.05) is 0 Å². The Balaban J connectivity index is 2.28. The minimum atomic E-state index is 0.251. The van der Waals surface area contributed by atoms with Crippen LogP contribution >= 0.6 is 0 Å². The molecule has 1 aromatic rings. The molecule has 0 radical (unpaired) electrons. The Labute approximate surface area is 78.0 Å². The van der Waals surface area contributed by atoms with E-state index in [4.69, 9.17) is 5.11 Å². The van der Waals surface area contributed by atoms with Gasteiger partial charge in [-0.15, -0.1) is 5.10 Å². The first-order chi connectivity index (χ1) is 6.33. The molecule has 0 unspecified atom stereocenters. The number of hydrogen-bond donors (Lipinski definition) is 2. The van der Waals surface area contributed by atoms with Gasteiger partial charge < -0.3 is 10.4 Å². The van der Waals surface area contributed by atoms with Crippen LogP contribution in [0.3, 0.4) is 0 Å². The molecule has 1 heterocycles. The highest BCUT2D eigenvalue weighted by Crippen LogP contribution is 2.03. The van der Waals surface area contributed by atoms with Crippen molar-refractivity contribution in [2.75, 3.05) is 18.5 Å². The number of aliphatic hydroxyl groups excluding tert-OH is 1. The molecule has 4 nitrogen and oxygen atoms in total. The summed E-state index contributed by atoms with van der Waals surface area (Å²) in [6, 6.07) is 1.95. The van der Waals surface area contributed by atoms with E-state index in [-0.39, 0.29) is 6.61 Å². The third-order valence-corrected chi connectivity index (χ3v) is 1.68. The molecule has 1 aromatic heterocycles. The van der Waals surface area contributed by atoms with E-state index in [0.29, 0.717) is 0 Å². The number of unbranched alkanes of at least 4 members (excludes halogenated alkanes) is 1. The molecule has 0 aliphatic carbocycles. The second-order valence-corrected chi connectivity index (χ2v) is 2.98. The van der Waals surface area contributed by atoms with Crippen LogP contribution in [-0.2, 0) is 0 Å². The maximum atomic E-state index is 8.55. The lowest BCUT2D eigenvalue weighted by atomic mass is 10.3. The number of aromatic nitrogens is 2. The van der Waals surface area contributed by atoms with Crippen molar-refractivity contribution >= 4 is 5.82 Å². The van der Waals surface area contributed by atoms with Gasteiger partial charge in [-0.2, -0.15) is 5.10 Å². The van der Waals surface area contributed by atoms with E-state index in [1.807, 2.05) is 13.0 Å². The highest BCUT2D eigenvalue weighted by molar-refractivity contribution is 5.34. The van der Waals surface area contributed by atoms with Gasteiger partial charge in [0.1, 0.15) is 5.82 Å². The monoisotopic (exact) mass is 181 g/mol. The van der Waals surface area contributed by atoms with Crippen LogP contribution in [0.4, 0.5) is 5.82 Å². The molecule has 4 heteroatoms. The van der Waals surface area contributed by atoms with E-state index < -0.39 is 0 Å². The second kappa shape index (κ2) is 5.48. The van der Waals surface area contributed by atoms with Crippen LogP contribution < -0.4 is 5.32 Å². The average Bonchev–Trinajstić information content (AvgIpc) is 2.13. The fourth-order valence-electron chi connectivity index (χ4n) is 1.00. The quantitative estimate of drug-likeness (QED) is 0.664. The summed E-state index contributed by atoms with van der Waals surface area (Å²) in [5.74, 6) is 0.804. The molecule has 2 N–H and O–H groups in total. The van der Waals surface area contributed by atoms with Gasteiger partial charge >= 0.3 is 0 Å². The van der Waals surface area contributed by atoms with Crippen molar-refractivity contribution < 1.29 is 5.11 Å². The normalized spacial score (nSPS) is 10.0. The van der Waals surface area contributed by atoms with Gasteiger partial charge in [-0.05, 0) is 31.4 Å². The summed E-state index contributed by atoms with van der Waals surface area (Å²) < 4.78 is 0. The summed E-state index contributed by atoms with van der Waals surface area (Å²) in [6.07, 6.45) is 3.50. The predicted molar refractivity (Wildman–Crippen MR) is 51.6 cm³/mol. The molecule has 0 amide bonds. The van der Waals surface area contributed by atoms with E-state index in [2.05, 4.69) is 15.5 Å². The Morgan fingerprint density at radius 3 is 3.00 bits per heavy atom. The van der Waals surface area contributed by atoms with E-state index in [9.17, 15) is 0 Å². The van der Waals surface area contributed by atoms with E-state index >= 15 is 0 Å². The lowest BCUT2D eigenvalue weighted by molar-refractivity contribution is 0.286. The zero-order valence-corrected chi connectivity index (χ0v) is 7.82. The topological polar surface area (TPSA) is 58.0 Å². The molecule has 0 aliphatic rings. The number of anilines is 1. The summed E-state index contributed by atoms with van der Waals surface area (Å²) in [7, 11) is 0. The molecule has 0 spiro atoms.